The maximum atomic E-state index is 10.5. The quantitative estimate of drug-likeness (QED) is 0.196. The molecule has 1 fully saturated rings. The fourth-order valence-electron chi connectivity index (χ4n) is 3.92. The van der Waals surface area contributed by atoms with Crippen LogP contribution >= 0.6 is 0 Å². The van der Waals surface area contributed by atoms with E-state index in [1.165, 1.54) is 0 Å². The second-order valence-electron chi connectivity index (χ2n) is 7.78. The normalized spacial score (nSPS) is 24.9. The number of hydrogen-bond acceptors (Lipinski definition) is 8. The van der Waals surface area contributed by atoms with Crippen LogP contribution in [0.3, 0.4) is 0 Å². The highest BCUT2D eigenvalue weighted by molar-refractivity contribution is 5.21. The first-order valence-electron chi connectivity index (χ1n) is 10.7. The highest BCUT2D eigenvalue weighted by Crippen LogP contribution is 2.36. The smallest absolute Gasteiger partial charge is 0.174 e. The van der Waals surface area contributed by atoms with Crippen molar-refractivity contribution in [1.29, 1.82) is 0 Å². The molecule has 31 heavy (non-hydrogen) atoms. The van der Waals surface area contributed by atoms with E-state index in [1.54, 1.807) is 6.08 Å². The number of aliphatic hydroxyl groups excluding tert-OH is 2. The molecule has 1 aromatic heterocycles. The minimum atomic E-state index is -0.779. The molecule has 3 rings (SSSR count). The molecule has 5 atom stereocenters. The number of aliphatic hydroxyl groups is 2. The summed E-state index contributed by atoms with van der Waals surface area (Å²) in [6.45, 7) is 0.137. The van der Waals surface area contributed by atoms with Gasteiger partial charge in [-0.05, 0) is 43.7 Å². The van der Waals surface area contributed by atoms with Crippen LogP contribution in [0.5, 0.6) is 5.75 Å². The van der Waals surface area contributed by atoms with E-state index in [9.17, 15) is 15.4 Å². The summed E-state index contributed by atoms with van der Waals surface area (Å²) < 4.78 is 5.57. The van der Waals surface area contributed by atoms with E-state index in [0.717, 1.165) is 19.3 Å². The summed E-state index contributed by atoms with van der Waals surface area (Å²) in [7, 11) is 0. The summed E-state index contributed by atoms with van der Waals surface area (Å²) in [5, 5.41) is 44.1. The molecule has 3 unspecified atom stereocenters. The second-order valence-corrected chi connectivity index (χ2v) is 7.78. The van der Waals surface area contributed by atoms with Gasteiger partial charge in [0.1, 0.15) is 18.5 Å². The summed E-state index contributed by atoms with van der Waals surface area (Å²) in [6.07, 6.45) is 10.1. The third-order valence-corrected chi connectivity index (χ3v) is 5.57. The lowest BCUT2D eigenvalue weighted by atomic mass is 9.89. The Balaban J connectivity index is 1.47. The van der Waals surface area contributed by atoms with Crippen molar-refractivity contribution < 1.29 is 20.2 Å². The minimum Gasteiger partial charge on any atom is -0.491 e. The Morgan fingerprint density at radius 1 is 1.26 bits per heavy atom. The van der Waals surface area contributed by atoms with E-state index in [0.29, 0.717) is 24.4 Å². The minimum absolute atomic E-state index is 0.0448. The lowest BCUT2D eigenvalue weighted by molar-refractivity contribution is 0.107. The molecule has 0 aliphatic heterocycles. The van der Waals surface area contributed by atoms with Crippen molar-refractivity contribution in [3.63, 3.8) is 0 Å². The van der Waals surface area contributed by atoms with E-state index in [-0.39, 0.29) is 24.5 Å². The van der Waals surface area contributed by atoms with E-state index in [4.69, 9.17) is 4.74 Å². The van der Waals surface area contributed by atoms with Crippen LogP contribution in [0.25, 0.3) is 0 Å². The topological polar surface area (TPSA) is 136 Å². The predicted octanol–water partition coefficient (Wildman–Crippen LogP) is 1.81. The number of aromatic nitrogens is 4. The molecule has 0 spiro atoms. The number of nitrogens with zero attached hydrogens (tertiary/aromatic N) is 3. The molecular formula is C22H31N5O4. The zero-order valence-electron chi connectivity index (χ0n) is 17.4. The van der Waals surface area contributed by atoms with Gasteiger partial charge in [0, 0.05) is 18.4 Å². The van der Waals surface area contributed by atoms with Crippen molar-refractivity contribution in [1.82, 2.24) is 26.1 Å². The Labute approximate surface area is 181 Å². The van der Waals surface area contributed by atoms with E-state index < -0.39 is 12.2 Å². The number of H-pyrrole nitrogens is 1. The van der Waals surface area contributed by atoms with E-state index >= 15 is 0 Å². The highest BCUT2D eigenvalue weighted by atomic mass is 16.5. The number of nitrogens with one attached hydrogen (secondary N) is 2. The number of ether oxygens (including phenoxy) is 1. The number of benzene rings is 1. The van der Waals surface area contributed by atoms with Crippen molar-refractivity contribution in [3.8, 4) is 5.75 Å². The lowest BCUT2D eigenvalue weighted by Crippen LogP contribution is -2.31. The monoisotopic (exact) mass is 429 g/mol. The molecule has 1 heterocycles. The standard InChI is InChI=1S/C22H31N5O4/c28-16(15-31-17-8-4-3-5-9-17)12-13-18-19(21(29)14-20(18)25-30)10-6-1-2-7-11-22-23-26-27-24-22/h1,3-6,8-9,12-13,16,18-21,25,28-30H,2,7,10-11,14-15H2,(H,23,24,26,27)/t16?,18-,19?,20?,21+/m1/s1. The van der Waals surface area contributed by atoms with Gasteiger partial charge in [-0.15, -0.1) is 10.2 Å². The number of allylic oxidation sites excluding steroid dienone is 2. The SMILES string of the molecule is ONC1C[C@H](O)C(CC=CCCCc2nn[nH]n2)[C@H]1C=CC(O)COc1ccccc1. The molecule has 5 N–H and O–H groups in total. The molecule has 1 aliphatic carbocycles. The predicted molar refractivity (Wildman–Crippen MR) is 114 cm³/mol. The van der Waals surface area contributed by atoms with Crippen molar-refractivity contribution in [2.24, 2.45) is 11.8 Å². The average molecular weight is 430 g/mol. The number of hydrogen-bond donors (Lipinski definition) is 5. The molecule has 9 heteroatoms. The van der Waals surface area contributed by atoms with Gasteiger partial charge in [-0.2, -0.15) is 5.21 Å². The molecule has 1 saturated carbocycles. The van der Waals surface area contributed by atoms with Crippen LogP contribution in [0, 0.1) is 11.8 Å². The zero-order valence-corrected chi connectivity index (χ0v) is 17.4. The Morgan fingerprint density at radius 2 is 2.10 bits per heavy atom. The molecule has 0 amide bonds. The van der Waals surface area contributed by atoms with Gasteiger partial charge < -0.3 is 20.2 Å². The maximum absolute atomic E-state index is 10.5. The number of rotatable bonds is 12. The number of tetrazole rings is 1. The molecular weight excluding hydrogens is 398 g/mol. The average Bonchev–Trinajstić information content (AvgIpc) is 3.41. The van der Waals surface area contributed by atoms with Gasteiger partial charge in [0.25, 0.3) is 0 Å². The molecule has 1 aliphatic rings. The Bertz CT molecular complexity index is 799. The van der Waals surface area contributed by atoms with E-state index in [2.05, 4.69) is 38.3 Å². The summed E-state index contributed by atoms with van der Waals surface area (Å²) in [5.41, 5.74) is 2.31. The van der Waals surface area contributed by atoms with Crippen LogP contribution in [0.4, 0.5) is 0 Å². The summed E-state index contributed by atoms with van der Waals surface area (Å²) in [5.74, 6) is 1.26. The number of unbranched alkanes of at least 4 members (excludes halogenated alkanes) is 1. The molecule has 168 valence electrons. The first-order valence-corrected chi connectivity index (χ1v) is 10.7. The fraction of sp³-hybridized carbons (Fsp3) is 0.500. The van der Waals surface area contributed by atoms with Gasteiger partial charge in [-0.25, -0.2) is 5.48 Å². The molecule has 2 aromatic rings. The van der Waals surface area contributed by atoms with Crippen molar-refractivity contribution in [3.05, 3.63) is 60.5 Å². The molecule has 1 aromatic carbocycles. The van der Waals surface area contributed by atoms with Gasteiger partial charge in [0.2, 0.25) is 0 Å². The molecule has 9 nitrogen and oxygen atoms in total. The first-order chi connectivity index (χ1) is 15.2. The number of aromatic amines is 1. The van der Waals surface area contributed by atoms with Crippen molar-refractivity contribution >= 4 is 0 Å². The molecule has 0 saturated heterocycles. The highest BCUT2D eigenvalue weighted by Gasteiger charge is 2.40. The first kappa shape index (κ1) is 23.1. The Kier molecular flexibility index (Phi) is 9.16. The van der Waals surface area contributed by atoms with E-state index in [1.807, 2.05) is 36.4 Å². The maximum Gasteiger partial charge on any atom is 0.174 e. The van der Waals surface area contributed by atoms with Gasteiger partial charge in [0.05, 0.1) is 6.10 Å². The summed E-state index contributed by atoms with van der Waals surface area (Å²) in [6, 6.07) is 9.06. The summed E-state index contributed by atoms with van der Waals surface area (Å²) in [4.78, 5) is 0. The largest absolute Gasteiger partial charge is 0.491 e. The van der Waals surface area contributed by atoms with Gasteiger partial charge in [0.15, 0.2) is 5.82 Å². The van der Waals surface area contributed by atoms with Crippen molar-refractivity contribution in [2.45, 2.75) is 50.4 Å². The lowest BCUT2D eigenvalue weighted by Gasteiger charge is -2.21. The van der Waals surface area contributed by atoms with Gasteiger partial charge >= 0.3 is 0 Å². The van der Waals surface area contributed by atoms with Crippen molar-refractivity contribution in [2.75, 3.05) is 6.61 Å². The fourth-order valence-corrected chi connectivity index (χ4v) is 3.92. The van der Waals surface area contributed by atoms with Crippen LogP contribution in [0.2, 0.25) is 0 Å². The zero-order chi connectivity index (χ0) is 21.9. The van der Waals surface area contributed by atoms with Crippen LogP contribution in [-0.2, 0) is 6.42 Å². The van der Waals surface area contributed by atoms with Crippen LogP contribution in [0.15, 0.2) is 54.6 Å². The number of para-hydroxylation sites is 1. The third kappa shape index (κ3) is 7.25. The third-order valence-electron chi connectivity index (χ3n) is 5.57. The number of hydroxylamine groups is 1. The molecule has 0 radical (unpaired) electrons. The second kappa shape index (κ2) is 12.3. The Hall–Kier alpha value is -2.59. The Morgan fingerprint density at radius 3 is 2.84 bits per heavy atom. The van der Waals surface area contributed by atoms with Gasteiger partial charge in [-0.1, -0.05) is 47.7 Å². The van der Waals surface area contributed by atoms with Crippen LogP contribution in [0.1, 0.15) is 31.5 Å². The summed E-state index contributed by atoms with van der Waals surface area (Å²) >= 11 is 0. The van der Waals surface area contributed by atoms with Gasteiger partial charge in [-0.3, -0.25) is 0 Å². The van der Waals surface area contributed by atoms with Crippen LogP contribution in [-0.4, -0.2) is 60.9 Å². The molecule has 0 bridgehead atoms. The van der Waals surface area contributed by atoms with Crippen LogP contribution < -0.4 is 10.2 Å². The number of aryl methyl sites for hydroxylation is 1.